The van der Waals surface area contributed by atoms with Crippen LogP contribution in [0, 0.1) is 10.1 Å². The molecular formula is C12H13LiN2O7S. The Balaban J connectivity index is 0.00000264. The van der Waals surface area contributed by atoms with Gasteiger partial charge in [0, 0.05) is 31.5 Å². The van der Waals surface area contributed by atoms with Crippen molar-refractivity contribution in [2.75, 3.05) is 19.7 Å². The average molecular weight is 336 g/mol. The van der Waals surface area contributed by atoms with Crippen LogP contribution in [0.2, 0.25) is 0 Å². The first kappa shape index (κ1) is 19.6. The molecule has 1 heterocycles. The Morgan fingerprint density at radius 2 is 2.04 bits per heavy atom. The van der Waals surface area contributed by atoms with E-state index < -0.39 is 44.0 Å². The summed E-state index contributed by atoms with van der Waals surface area (Å²) in [7, 11) is -4.11. The Bertz CT molecular complexity index is 694. The Hall–Kier alpha value is -1.44. The fraction of sp³-hybridized carbons (Fsp3) is 0.417. The summed E-state index contributed by atoms with van der Waals surface area (Å²) in [5.74, 6) is -1.35. The molecule has 1 aliphatic rings. The van der Waals surface area contributed by atoms with Crippen LogP contribution in [0.15, 0.2) is 29.2 Å². The summed E-state index contributed by atoms with van der Waals surface area (Å²) >= 11 is 0. The largest absolute Gasteiger partial charge is 1.00 e. The second-order valence-corrected chi connectivity index (χ2v) is 6.56. The maximum Gasteiger partial charge on any atom is 1.00 e. The van der Waals surface area contributed by atoms with E-state index in [1.54, 1.807) is 0 Å². The number of rotatable bonds is 5. The van der Waals surface area contributed by atoms with Gasteiger partial charge >= 0.3 is 18.9 Å². The number of ether oxygens (including phenoxy) is 1. The zero-order chi connectivity index (χ0) is 16.3. The number of sulfonamides is 1. The van der Waals surface area contributed by atoms with Crippen molar-refractivity contribution >= 4 is 21.7 Å². The fourth-order valence-electron chi connectivity index (χ4n) is 2.19. The molecule has 23 heavy (non-hydrogen) atoms. The van der Waals surface area contributed by atoms with Gasteiger partial charge in [-0.15, -0.1) is 0 Å². The number of benzene rings is 1. The molecule has 1 aromatic rings. The predicted molar refractivity (Wildman–Crippen MR) is 71.2 cm³/mol. The first-order chi connectivity index (χ1) is 10.3. The molecule has 1 atom stereocenters. The second kappa shape index (κ2) is 7.90. The summed E-state index contributed by atoms with van der Waals surface area (Å²) in [6, 6.07) is 5.01. The quantitative estimate of drug-likeness (QED) is 0.305. The van der Waals surface area contributed by atoms with Crippen LogP contribution in [0.1, 0.15) is 6.42 Å². The van der Waals surface area contributed by atoms with Crippen LogP contribution in [0.5, 0.6) is 0 Å². The molecule has 1 saturated heterocycles. The van der Waals surface area contributed by atoms with Crippen LogP contribution in [-0.2, 0) is 19.6 Å². The van der Waals surface area contributed by atoms with Crippen molar-refractivity contribution in [2.45, 2.75) is 17.4 Å². The summed E-state index contributed by atoms with van der Waals surface area (Å²) in [5.41, 5.74) is -0.523. The molecule has 1 aliphatic heterocycles. The molecule has 0 aromatic heterocycles. The van der Waals surface area contributed by atoms with Gasteiger partial charge in [0.15, 0.2) is 4.90 Å². The van der Waals surface area contributed by atoms with E-state index in [0.717, 1.165) is 16.4 Å². The second-order valence-electron chi connectivity index (χ2n) is 4.66. The molecule has 0 spiro atoms. The number of hydrogen-bond donors (Lipinski definition) is 0. The van der Waals surface area contributed by atoms with Crippen LogP contribution in [-0.4, -0.2) is 49.4 Å². The molecule has 9 nitrogen and oxygen atoms in total. The van der Waals surface area contributed by atoms with Gasteiger partial charge in [0.1, 0.15) is 0 Å². The fourth-order valence-corrected chi connectivity index (χ4v) is 3.80. The van der Waals surface area contributed by atoms with E-state index in [1.165, 1.54) is 12.1 Å². The van der Waals surface area contributed by atoms with E-state index in [2.05, 4.69) is 0 Å². The number of carbonyl (C=O) groups excluding carboxylic acids is 1. The summed E-state index contributed by atoms with van der Waals surface area (Å²) in [4.78, 5) is 20.4. The molecule has 1 aromatic carbocycles. The van der Waals surface area contributed by atoms with Crippen LogP contribution in [0.25, 0.3) is 0 Å². The van der Waals surface area contributed by atoms with Gasteiger partial charge < -0.3 is 14.6 Å². The van der Waals surface area contributed by atoms with Crippen LogP contribution in [0.4, 0.5) is 5.69 Å². The minimum absolute atomic E-state index is 0. The Labute approximate surface area is 144 Å². The van der Waals surface area contributed by atoms with Crippen LogP contribution < -0.4 is 24.0 Å². The number of morpholine rings is 1. The third-order valence-electron chi connectivity index (χ3n) is 3.18. The Kier molecular flexibility index (Phi) is 6.73. The maximum absolute atomic E-state index is 12.5. The van der Waals surface area contributed by atoms with E-state index in [4.69, 9.17) is 4.74 Å². The van der Waals surface area contributed by atoms with Gasteiger partial charge in [-0.2, -0.15) is 4.31 Å². The van der Waals surface area contributed by atoms with Crippen molar-refractivity contribution in [3.63, 3.8) is 0 Å². The van der Waals surface area contributed by atoms with E-state index in [0.29, 0.717) is 0 Å². The zero-order valence-corrected chi connectivity index (χ0v) is 13.2. The van der Waals surface area contributed by atoms with Crippen LogP contribution >= 0.6 is 0 Å². The minimum Gasteiger partial charge on any atom is -0.550 e. The third-order valence-corrected chi connectivity index (χ3v) is 5.09. The van der Waals surface area contributed by atoms with Crippen LogP contribution in [0.3, 0.4) is 0 Å². The van der Waals surface area contributed by atoms with Gasteiger partial charge in [-0.3, -0.25) is 10.1 Å². The molecule has 2 rings (SSSR count). The number of carboxylic acids is 1. The Morgan fingerprint density at radius 3 is 2.65 bits per heavy atom. The third kappa shape index (κ3) is 4.52. The number of nitro groups is 1. The number of para-hydroxylation sites is 1. The van der Waals surface area contributed by atoms with Crippen molar-refractivity contribution in [1.29, 1.82) is 0 Å². The van der Waals surface area contributed by atoms with E-state index in [1.807, 2.05) is 0 Å². The molecule has 1 fully saturated rings. The maximum atomic E-state index is 12.5. The summed E-state index contributed by atoms with van der Waals surface area (Å²) in [6.07, 6.45) is -1.28. The monoisotopic (exact) mass is 336 g/mol. The SMILES string of the molecule is O=C([O-])CC1CN(S(=O)(=O)c2ccccc2[N+](=O)[O-])CCO1.[Li+]. The molecule has 120 valence electrons. The first-order valence-corrected chi connectivity index (χ1v) is 7.81. The molecule has 0 bridgehead atoms. The van der Waals surface area contributed by atoms with Crippen molar-refractivity contribution in [2.24, 2.45) is 0 Å². The summed E-state index contributed by atoms with van der Waals surface area (Å²) in [5, 5.41) is 21.6. The number of aliphatic carboxylic acids is 1. The molecule has 0 aliphatic carbocycles. The first-order valence-electron chi connectivity index (χ1n) is 6.37. The van der Waals surface area contributed by atoms with E-state index >= 15 is 0 Å². The molecule has 11 heteroatoms. The van der Waals surface area contributed by atoms with Gasteiger partial charge in [-0.25, -0.2) is 8.42 Å². The van der Waals surface area contributed by atoms with Gasteiger partial charge in [0.05, 0.1) is 17.6 Å². The summed E-state index contributed by atoms with van der Waals surface area (Å²) in [6.45, 7) is -0.182. The minimum atomic E-state index is -4.11. The molecule has 0 N–H and O–H groups in total. The normalized spacial score (nSPS) is 18.9. The number of carbonyl (C=O) groups is 1. The average Bonchev–Trinajstić information content (AvgIpc) is 2.46. The van der Waals surface area contributed by atoms with Gasteiger partial charge in [0.2, 0.25) is 10.0 Å². The van der Waals surface area contributed by atoms with Gasteiger partial charge in [0.25, 0.3) is 5.69 Å². The number of hydrogen-bond acceptors (Lipinski definition) is 7. The molecule has 0 radical (unpaired) electrons. The van der Waals surface area contributed by atoms with E-state index in [-0.39, 0.29) is 38.6 Å². The van der Waals surface area contributed by atoms with Crippen molar-refractivity contribution in [3.8, 4) is 0 Å². The van der Waals surface area contributed by atoms with Gasteiger partial charge in [-0.05, 0) is 6.07 Å². The molecule has 0 amide bonds. The number of carboxylic acid groups (broad SMARTS) is 1. The van der Waals surface area contributed by atoms with Crippen molar-refractivity contribution < 1.29 is 46.8 Å². The molecule has 0 saturated carbocycles. The van der Waals surface area contributed by atoms with Gasteiger partial charge in [-0.1, -0.05) is 12.1 Å². The topological polar surface area (TPSA) is 130 Å². The van der Waals surface area contributed by atoms with Crippen molar-refractivity contribution in [1.82, 2.24) is 4.31 Å². The van der Waals surface area contributed by atoms with Crippen molar-refractivity contribution in [3.05, 3.63) is 34.4 Å². The smallest absolute Gasteiger partial charge is 0.550 e. The predicted octanol–water partition coefficient (Wildman–Crippen LogP) is -3.87. The zero-order valence-electron chi connectivity index (χ0n) is 12.4. The summed E-state index contributed by atoms with van der Waals surface area (Å²) < 4.78 is 31.3. The molecular weight excluding hydrogens is 323 g/mol. The number of nitro benzene ring substituents is 1. The standard InChI is InChI=1S/C12H14N2O7S.Li/c15-12(16)7-9-8-13(5-6-21-9)22(19,20)11-4-2-1-3-10(11)14(17)18;/h1-4,9H,5-8H2,(H,15,16);/q;+1/p-1. The number of nitrogens with zero attached hydrogens (tertiary/aromatic N) is 2. The Morgan fingerprint density at radius 1 is 1.39 bits per heavy atom. The van der Waals surface area contributed by atoms with E-state index in [9.17, 15) is 28.4 Å². The molecule has 1 unspecified atom stereocenters.